The minimum absolute atomic E-state index is 0.0368. The minimum Gasteiger partial charge on any atom is -0.383 e. The zero-order chi connectivity index (χ0) is 24.6. The molecule has 0 spiro atoms. The first-order chi connectivity index (χ1) is 17.6. The van der Waals surface area contributed by atoms with Gasteiger partial charge in [0.1, 0.15) is 17.2 Å². The second-order valence-corrected chi connectivity index (χ2v) is 9.05. The van der Waals surface area contributed by atoms with Gasteiger partial charge in [-0.15, -0.1) is 0 Å². The van der Waals surface area contributed by atoms with E-state index in [9.17, 15) is 8.78 Å². The number of aromatic nitrogens is 4. The Bertz CT molecular complexity index is 1550. The third-order valence-electron chi connectivity index (χ3n) is 6.68. The molecule has 0 atom stereocenters. The molecule has 8 heteroatoms. The van der Waals surface area contributed by atoms with Gasteiger partial charge in [-0.3, -0.25) is 14.5 Å². The third kappa shape index (κ3) is 3.99. The predicted octanol–water partition coefficient (Wildman–Crippen LogP) is 5.61. The molecule has 0 bridgehead atoms. The highest BCUT2D eigenvalue weighted by Crippen LogP contribution is 2.34. The van der Waals surface area contributed by atoms with E-state index in [1.54, 1.807) is 29.2 Å². The molecular weight excluding hydrogens is 458 g/mol. The molecule has 0 saturated carbocycles. The molecule has 6 rings (SSSR count). The van der Waals surface area contributed by atoms with Gasteiger partial charge in [0, 0.05) is 24.5 Å². The SMILES string of the molecule is Nc1ncc(-c2ccc(CN3CCCC3)cc2)cc1-c1nc2cnccc2n1-c1cccc(F)c1F. The van der Waals surface area contributed by atoms with Gasteiger partial charge in [0.2, 0.25) is 0 Å². The lowest BCUT2D eigenvalue weighted by Gasteiger charge is -2.15. The second kappa shape index (κ2) is 9.13. The van der Waals surface area contributed by atoms with Gasteiger partial charge in [-0.05, 0) is 61.3 Å². The largest absolute Gasteiger partial charge is 0.383 e. The van der Waals surface area contributed by atoms with Crippen LogP contribution in [0.15, 0.2) is 73.2 Å². The van der Waals surface area contributed by atoms with Gasteiger partial charge in [0.05, 0.1) is 23.0 Å². The number of rotatable bonds is 5. The molecule has 1 aliphatic rings. The van der Waals surface area contributed by atoms with E-state index >= 15 is 0 Å². The zero-order valence-corrected chi connectivity index (χ0v) is 19.5. The molecule has 0 aliphatic carbocycles. The van der Waals surface area contributed by atoms with Crippen molar-refractivity contribution >= 4 is 16.9 Å². The summed E-state index contributed by atoms with van der Waals surface area (Å²) in [4.78, 5) is 15.7. The van der Waals surface area contributed by atoms with E-state index in [0.29, 0.717) is 22.4 Å². The molecule has 5 aromatic rings. The van der Waals surface area contributed by atoms with Crippen molar-refractivity contribution in [2.75, 3.05) is 18.8 Å². The normalized spacial score (nSPS) is 14.1. The van der Waals surface area contributed by atoms with Crippen LogP contribution in [0.1, 0.15) is 18.4 Å². The van der Waals surface area contributed by atoms with Crippen LogP contribution in [-0.4, -0.2) is 37.5 Å². The van der Waals surface area contributed by atoms with Crippen LogP contribution in [0.25, 0.3) is 39.2 Å². The van der Waals surface area contributed by atoms with Crippen LogP contribution < -0.4 is 5.73 Å². The number of anilines is 1. The number of nitrogens with zero attached hydrogens (tertiary/aromatic N) is 5. The van der Waals surface area contributed by atoms with Gasteiger partial charge in [0.25, 0.3) is 0 Å². The van der Waals surface area contributed by atoms with E-state index in [2.05, 4.69) is 44.1 Å². The van der Waals surface area contributed by atoms with E-state index in [-0.39, 0.29) is 11.5 Å². The summed E-state index contributed by atoms with van der Waals surface area (Å²) in [6, 6.07) is 16.1. The third-order valence-corrected chi connectivity index (χ3v) is 6.68. The van der Waals surface area contributed by atoms with Gasteiger partial charge in [0.15, 0.2) is 11.6 Å². The van der Waals surface area contributed by atoms with Crippen molar-refractivity contribution < 1.29 is 8.78 Å². The van der Waals surface area contributed by atoms with E-state index < -0.39 is 11.6 Å². The van der Waals surface area contributed by atoms with Crippen LogP contribution >= 0.6 is 0 Å². The highest BCUT2D eigenvalue weighted by molar-refractivity contribution is 5.86. The lowest BCUT2D eigenvalue weighted by atomic mass is 10.0. The molecule has 3 aromatic heterocycles. The Hall–Kier alpha value is -4.17. The number of pyridine rings is 2. The predicted molar refractivity (Wildman–Crippen MR) is 136 cm³/mol. The van der Waals surface area contributed by atoms with Gasteiger partial charge in [-0.2, -0.15) is 0 Å². The van der Waals surface area contributed by atoms with Crippen molar-refractivity contribution in [1.29, 1.82) is 0 Å². The summed E-state index contributed by atoms with van der Waals surface area (Å²) in [5.74, 6) is -1.31. The molecular formula is C28H24F2N6. The summed E-state index contributed by atoms with van der Waals surface area (Å²) in [7, 11) is 0. The van der Waals surface area contributed by atoms with Crippen LogP contribution in [0, 0.1) is 11.6 Å². The molecule has 0 radical (unpaired) electrons. The number of imidazole rings is 1. The van der Waals surface area contributed by atoms with Crippen molar-refractivity contribution in [3.63, 3.8) is 0 Å². The summed E-state index contributed by atoms with van der Waals surface area (Å²) in [5, 5.41) is 0. The summed E-state index contributed by atoms with van der Waals surface area (Å²) >= 11 is 0. The average molecular weight is 483 g/mol. The lowest BCUT2D eigenvalue weighted by molar-refractivity contribution is 0.331. The summed E-state index contributed by atoms with van der Waals surface area (Å²) in [5.41, 5.74) is 11.1. The quantitative estimate of drug-likeness (QED) is 0.353. The van der Waals surface area contributed by atoms with E-state index in [4.69, 9.17) is 5.73 Å². The van der Waals surface area contributed by atoms with Crippen molar-refractivity contribution in [2.45, 2.75) is 19.4 Å². The number of likely N-dealkylation sites (tertiary alicyclic amines) is 1. The van der Waals surface area contributed by atoms with Crippen LogP contribution in [-0.2, 0) is 6.54 Å². The first-order valence-corrected chi connectivity index (χ1v) is 11.9. The van der Waals surface area contributed by atoms with Gasteiger partial charge in [-0.25, -0.2) is 18.7 Å². The molecule has 36 heavy (non-hydrogen) atoms. The number of nitrogen functional groups attached to an aromatic ring is 1. The maximum atomic E-state index is 14.9. The maximum Gasteiger partial charge on any atom is 0.182 e. The Labute approximate surface area is 207 Å². The first kappa shape index (κ1) is 22.3. The number of fused-ring (bicyclic) bond motifs is 1. The van der Waals surface area contributed by atoms with Crippen molar-refractivity contribution in [1.82, 2.24) is 24.4 Å². The molecule has 0 amide bonds. The molecule has 1 aliphatic heterocycles. The Morgan fingerprint density at radius 3 is 2.53 bits per heavy atom. The molecule has 0 unspecified atom stereocenters. The van der Waals surface area contributed by atoms with Crippen molar-refractivity contribution in [3.8, 4) is 28.2 Å². The van der Waals surface area contributed by atoms with E-state index in [1.807, 2.05) is 6.07 Å². The second-order valence-electron chi connectivity index (χ2n) is 9.05. The summed E-state index contributed by atoms with van der Waals surface area (Å²) in [6.07, 6.45) is 7.41. The van der Waals surface area contributed by atoms with Gasteiger partial charge >= 0.3 is 0 Å². The van der Waals surface area contributed by atoms with Crippen LogP contribution in [0.5, 0.6) is 0 Å². The molecule has 180 valence electrons. The molecule has 6 nitrogen and oxygen atoms in total. The number of benzene rings is 2. The number of hydrogen-bond acceptors (Lipinski definition) is 5. The fourth-order valence-corrected chi connectivity index (χ4v) is 4.84. The first-order valence-electron chi connectivity index (χ1n) is 11.9. The molecule has 1 saturated heterocycles. The maximum absolute atomic E-state index is 14.9. The summed E-state index contributed by atoms with van der Waals surface area (Å²) in [6.45, 7) is 3.24. The molecule has 2 aromatic carbocycles. The Morgan fingerprint density at radius 1 is 0.917 bits per heavy atom. The Balaban J connectivity index is 1.44. The molecule has 2 N–H and O–H groups in total. The Kier molecular flexibility index (Phi) is 5.65. The number of nitrogens with two attached hydrogens (primary N) is 1. The standard InChI is InChI=1S/C28H24F2N6/c29-22-4-3-5-25(26(22)30)36-24-10-11-32-16-23(24)34-28(36)21-14-20(15-33-27(21)31)19-8-6-18(7-9-19)17-35-12-1-2-13-35/h3-11,14-16H,1-2,12-13,17H2,(H2,31,33). The smallest absolute Gasteiger partial charge is 0.182 e. The number of hydrogen-bond donors (Lipinski definition) is 1. The van der Waals surface area contributed by atoms with Crippen LogP contribution in [0.2, 0.25) is 0 Å². The fourth-order valence-electron chi connectivity index (χ4n) is 4.84. The summed E-state index contributed by atoms with van der Waals surface area (Å²) < 4.78 is 30.7. The molecule has 1 fully saturated rings. The monoisotopic (exact) mass is 482 g/mol. The van der Waals surface area contributed by atoms with Gasteiger partial charge < -0.3 is 5.73 Å². The van der Waals surface area contributed by atoms with Gasteiger partial charge in [-0.1, -0.05) is 30.3 Å². The Morgan fingerprint density at radius 2 is 1.72 bits per heavy atom. The van der Waals surface area contributed by atoms with Crippen molar-refractivity contribution in [2.24, 2.45) is 0 Å². The van der Waals surface area contributed by atoms with E-state index in [1.165, 1.54) is 30.5 Å². The van der Waals surface area contributed by atoms with Crippen LogP contribution in [0.3, 0.4) is 0 Å². The minimum atomic E-state index is -0.967. The molecule has 4 heterocycles. The zero-order valence-electron chi connectivity index (χ0n) is 19.5. The van der Waals surface area contributed by atoms with E-state index in [0.717, 1.165) is 36.8 Å². The fraction of sp³-hybridized carbons (Fsp3) is 0.179. The lowest BCUT2D eigenvalue weighted by Crippen LogP contribution is -2.18. The highest BCUT2D eigenvalue weighted by atomic mass is 19.2. The average Bonchev–Trinajstić information content (AvgIpc) is 3.54. The van der Waals surface area contributed by atoms with Crippen LogP contribution in [0.4, 0.5) is 14.6 Å². The topological polar surface area (TPSA) is 72.9 Å². The number of halogens is 2. The van der Waals surface area contributed by atoms with Crippen molar-refractivity contribution in [3.05, 3.63) is 90.4 Å². The highest BCUT2D eigenvalue weighted by Gasteiger charge is 2.21.